The van der Waals surface area contributed by atoms with Crippen LogP contribution >= 0.6 is 0 Å². The van der Waals surface area contributed by atoms with Crippen LogP contribution < -0.4 is 10.1 Å². The Hall–Kier alpha value is -2.68. The molecule has 0 aromatic carbocycles. The molecule has 3 rings (SSSR count). The quantitative estimate of drug-likeness (QED) is 0.904. The number of aromatic nitrogens is 3. The molecule has 2 amide bonds. The fraction of sp³-hybridized carbons (Fsp3) is 0.500. The number of anilines is 1. The maximum atomic E-state index is 12.5. The number of nitrogens with zero attached hydrogens (tertiary/aromatic N) is 4. The number of pyridine rings is 1. The first-order valence-electron chi connectivity index (χ1n) is 8.08. The Bertz CT molecular complexity index is 733. The minimum Gasteiger partial charge on any atom is -0.480 e. The maximum Gasteiger partial charge on any atom is 0.322 e. The summed E-state index contributed by atoms with van der Waals surface area (Å²) in [5.41, 5.74) is 0.512. The Morgan fingerprint density at radius 1 is 1.44 bits per heavy atom. The van der Waals surface area contributed by atoms with Gasteiger partial charge in [-0.1, -0.05) is 13.8 Å². The van der Waals surface area contributed by atoms with Crippen LogP contribution in [0.5, 0.6) is 5.88 Å². The molecular weight excluding hydrogens is 326 g/mol. The Balaban J connectivity index is 1.67. The van der Waals surface area contributed by atoms with Gasteiger partial charge < -0.3 is 24.1 Å². The number of carbonyl (C=O) groups is 1. The molecule has 9 nitrogen and oxygen atoms in total. The monoisotopic (exact) mass is 347 g/mol. The summed E-state index contributed by atoms with van der Waals surface area (Å²) in [5.74, 6) is 1.45. The molecule has 1 saturated heterocycles. The van der Waals surface area contributed by atoms with Gasteiger partial charge in [0.2, 0.25) is 17.7 Å². The number of morpholine rings is 1. The van der Waals surface area contributed by atoms with E-state index in [2.05, 4.69) is 20.5 Å². The smallest absolute Gasteiger partial charge is 0.322 e. The average molecular weight is 347 g/mol. The van der Waals surface area contributed by atoms with Crippen molar-refractivity contribution >= 4 is 11.7 Å². The Labute approximate surface area is 145 Å². The van der Waals surface area contributed by atoms with E-state index in [0.29, 0.717) is 43.0 Å². The number of rotatable bonds is 4. The van der Waals surface area contributed by atoms with Crippen LogP contribution in [-0.2, 0) is 4.74 Å². The zero-order valence-corrected chi connectivity index (χ0v) is 14.4. The molecule has 0 radical (unpaired) electrons. The number of carbonyl (C=O) groups excluding carboxylic acids is 1. The van der Waals surface area contributed by atoms with Gasteiger partial charge in [-0.25, -0.2) is 9.78 Å². The number of methoxy groups -OCH3 is 1. The molecule has 134 valence electrons. The number of urea groups is 1. The van der Waals surface area contributed by atoms with Crippen molar-refractivity contribution in [2.45, 2.75) is 25.9 Å². The van der Waals surface area contributed by atoms with Gasteiger partial charge in [0.25, 0.3) is 0 Å². The molecule has 25 heavy (non-hydrogen) atoms. The lowest BCUT2D eigenvalue weighted by Gasteiger charge is -2.31. The van der Waals surface area contributed by atoms with Crippen molar-refractivity contribution in [3.05, 3.63) is 30.1 Å². The van der Waals surface area contributed by atoms with E-state index in [1.807, 2.05) is 13.8 Å². The van der Waals surface area contributed by atoms with Gasteiger partial charge in [0.1, 0.15) is 5.69 Å². The lowest BCUT2D eigenvalue weighted by atomic mass is 10.2. The first-order valence-corrected chi connectivity index (χ1v) is 8.08. The Morgan fingerprint density at radius 2 is 2.28 bits per heavy atom. The third-order valence-corrected chi connectivity index (χ3v) is 3.79. The summed E-state index contributed by atoms with van der Waals surface area (Å²) in [6.07, 6.45) is 1.16. The minimum atomic E-state index is -0.435. The largest absolute Gasteiger partial charge is 0.480 e. The first kappa shape index (κ1) is 17.2. The summed E-state index contributed by atoms with van der Waals surface area (Å²) < 4.78 is 16.5. The van der Waals surface area contributed by atoms with E-state index in [1.165, 1.54) is 7.11 Å². The van der Waals surface area contributed by atoms with Crippen molar-refractivity contribution in [3.63, 3.8) is 0 Å². The highest BCUT2D eigenvalue weighted by atomic mass is 16.5. The van der Waals surface area contributed by atoms with Crippen LogP contribution in [0.4, 0.5) is 10.5 Å². The van der Waals surface area contributed by atoms with Gasteiger partial charge in [-0.2, -0.15) is 0 Å². The van der Waals surface area contributed by atoms with Gasteiger partial charge >= 0.3 is 6.03 Å². The van der Waals surface area contributed by atoms with Crippen molar-refractivity contribution in [2.24, 2.45) is 0 Å². The van der Waals surface area contributed by atoms with Gasteiger partial charge in [0.05, 0.1) is 20.3 Å². The topological polar surface area (TPSA) is 103 Å². The van der Waals surface area contributed by atoms with Crippen molar-refractivity contribution in [1.82, 2.24) is 20.1 Å². The highest BCUT2D eigenvalue weighted by Gasteiger charge is 2.30. The molecule has 3 heterocycles. The summed E-state index contributed by atoms with van der Waals surface area (Å²) in [4.78, 5) is 18.2. The number of nitrogens with one attached hydrogen (secondary N) is 1. The average Bonchev–Trinajstić information content (AvgIpc) is 3.13. The van der Waals surface area contributed by atoms with E-state index >= 15 is 0 Å². The molecule has 9 heteroatoms. The van der Waals surface area contributed by atoms with Crippen LogP contribution in [0.25, 0.3) is 0 Å². The molecule has 1 aliphatic rings. The summed E-state index contributed by atoms with van der Waals surface area (Å²) in [6, 6.07) is 3.20. The number of hydrogen-bond acceptors (Lipinski definition) is 7. The summed E-state index contributed by atoms with van der Waals surface area (Å²) in [6.45, 7) is 5.13. The fourth-order valence-electron chi connectivity index (χ4n) is 2.44. The van der Waals surface area contributed by atoms with E-state index in [4.69, 9.17) is 13.9 Å². The van der Waals surface area contributed by atoms with Crippen molar-refractivity contribution < 1.29 is 18.7 Å². The molecule has 2 aromatic rings. The van der Waals surface area contributed by atoms with Crippen molar-refractivity contribution in [3.8, 4) is 5.88 Å². The molecule has 1 fully saturated rings. The van der Waals surface area contributed by atoms with Crippen LogP contribution in [0.2, 0.25) is 0 Å². The highest BCUT2D eigenvalue weighted by Crippen LogP contribution is 2.25. The Morgan fingerprint density at radius 3 is 3.00 bits per heavy atom. The fourth-order valence-corrected chi connectivity index (χ4v) is 2.44. The molecular formula is C16H21N5O4. The zero-order valence-electron chi connectivity index (χ0n) is 14.4. The van der Waals surface area contributed by atoms with E-state index in [1.54, 1.807) is 23.2 Å². The van der Waals surface area contributed by atoms with E-state index in [0.717, 1.165) is 0 Å². The number of ether oxygens (including phenoxy) is 2. The van der Waals surface area contributed by atoms with Crippen molar-refractivity contribution in [1.29, 1.82) is 0 Å². The molecule has 0 aliphatic carbocycles. The van der Waals surface area contributed by atoms with Crippen LogP contribution in [-0.4, -0.2) is 52.9 Å². The second kappa shape index (κ2) is 7.47. The molecule has 1 atom stereocenters. The number of hydrogen-bond donors (Lipinski definition) is 1. The van der Waals surface area contributed by atoms with Crippen LogP contribution in [0.15, 0.2) is 22.7 Å². The van der Waals surface area contributed by atoms with Crippen LogP contribution in [0, 0.1) is 0 Å². The SMILES string of the molecule is COc1ncccc1NC(=O)N1CCO[C@@H](c2nnc(C(C)C)o2)C1. The lowest BCUT2D eigenvalue weighted by Crippen LogP contribution is -2.44. The van der Waals surface area contributed by atoms with E-state index in [9.17, 15) is 4.79 Å². The zero-order chi connectivity index (χ0) is 17.8. The highest BCUT2D eigenvalue weighted by molar-refractivity contribution is 5.90. The summed E-state index contributed by atoms with van der Waals surface area (Å²) >= 11 is 0. The van der Waals surface area contributed by atoms with Crippen molar-refractivity contribution in [2.75, 3.05) is 32.1 Å². The molecule has 1 N–H and O–H groups in total. The predicted octanol–water partition coefficient (Wildman–Crippen LogP) is 2.20. The molecule has 2 aromatic heterocycles. The third-order valence-electron chi connectivity index (χ3n) is 3.79. The second-order valence-corrected chi connectivity index (χ2v) is 5.93. The summed E-state index contributed by atoms with van der Waals surface area (Å²) in [7, 11) is 1.50. The minimum absolute atomic E-state index is 0.141. The summed E-state index contributed by atoms with van der Waals surface area (Å²) in [5, 5.41) is 10.9. The van der Waals surface area contributed by atoms with Crippen LogP contribution in [0.1, 0.15) is 37.7 Å². The van der Waals surface area contributed by atoms with Gasteiger partial charge in [-0.3, -0.25) is 0 Å². The molecule has 0 saturated carbocycles. The van der Waals surface area contributed by atoms with E-state index < -0.39 is 6.10 Å². The van der Waals surface area contributed by atoms with Crippen LogP contribution in [0.3, 0.4) is 0 Å². The maximum absolute atomic E-state index is 12.5. The van der Waals surface area contributed by atoms with Gasteiger partial charge in [-0.05, 0) is 12.1 Å². The van der Waals surface area contributed by atoms with Gasteiger partial charge in [-0.15, -0.1) is 10.2 Å². The van der Waals surface area contributed by atoms with E-state index in [-0.39, 0.29) is 11.9 Å². The first-order chi connectivity index (χ1) is 12.1. The normalized spacial score (nSPS) is 17.6. The molecule has 1 aliphatic heterocycles. The van der Waals surface area contributed by atoms with Gasteiger partial charge in [0, 0.05) is 18.7 Å². The lowest BCUT2D eigenvalue weighted by molar-refractivity contribution is -0.0276. The predicted molar refractivity (Wildman–Crippen MR) is 88.5 cm³/mol. The molecule has 0 bridgehead atoms. The number of amides is 2. The third kappa shape index (κ3) is 3.87. The van der Waals surface area contributed by atoms with Gasteiger partial charge in [0.15, 0.2) is 6.10 Å². The Kier molecular flexibility index (Phi) is 5.13. The second-order valence-electron chi connectivity index (χ2n) is 5.93. The molecule has 0 unspecified atom stereocenters. The standard InChI is InChI=1S/C16H21N5O4/c1-10(2)13-19-20-15(25-13)12-9-21(7-8-24-12)16(22)18-11-5-4-6-17-14(11)23-3/h4-6,10,12H,7-9H2,1-3H3,(H,18,22)/t12-/m1/s1. The molecule has 0 spiro atoms.